The molecule has 1 amide bonds. The van der Waals surface area contributed by atoms with Crippen LogP contribution in [0.1, 0.15) is 21.7 Å². The van der Waals surface area contributed by atoms with Crippen molar-refractivity contribution in [2.45, 2.75) is 6.92 Å². The van der Waals surface area contributed by atoms with E-state index in [-0.39, 0.29) is 0 Å². The van der Waals surface area contributed by atoms with Crippen LogP contribution in [0.4, 0.5) is 5.69 Å². The van der Waals surface area contributed by atoms with E-state index in [1.807, 2.05) is 54.0 Å². The quantitative estimate of drug-likeness (QED) is 0.502. The average Bonchev–Trinajstić information content (AvgIpc) is 3.13. The van der Waals surface area contributed by atoms with Crippen LogP contribution in [0.2, 0.25) is 0 Å². The van der Waals surface area contributed by atoms with Gasteiger partial charge in [0.15, 0.2) is 6.61 Å². The van der Waals surface area contributed by atoms with Crippen LogP contribution in [0.15, 0.2) is 72.8 Å². The molecule has 0 unspecified atom stereocenters. The van der Waals surface area contributed by atoms with E-state index in [0.29, 0.717) is 22.3 Å². The first-order chi connectivity index (χ1) is 15.1. The molecular weight excluding hydrogens is 392 g/mol. The highest BCUT2D eigenvalue weighted by Crippen LogP contribution is 2.22. The van der Waals surface area contributed by atoms with Crippen molar-refractivity contribution in [2.24, 2.45) is 0 Å². The minimum Gasteiger partial charge on any atom is -0.452 e. The number of fused-ring (bicyclic) bond motifs is 1. The number of para-hydroxylation sites is 2. The summed E-state index contributed by atoms with van der Waals surface area (Å²) in [5, 5.41) is 11.7. The zero-order valence-corrected chi connectivity index (χ0v) is 16.7. The van der Waals surface area contributed by atoms with Gasteiger partial charge < -0.3 is 10.1 Å². The Morgan fingerprint density at radius 2 is 1.81 bits per heavy atom. The normalized spacial score (nSPS) is 10.5. The van der Waals surface area contributed by atoms with Gasteiger partial charge in [-0.25, -0.2) is 9.78 Å². The fraction of sp³-hybridized carbons (Fsp3) is 0.0833. The van der Waals surface area contributed by atoms with Gasteiger partial charge >= 0.3 is 5.97 Å². The second-order valence-corrected chi connectivity index (χ2v) is 6.82. The van der Waals surface area contributed by atoms with Crippen molar-refractivity contribution >= 4 is 28.6 Å². The molecule has 0 spiro atoms. The van der Waals surface area contributed by atoms with Crippen molar-refractivity contribution in [3.63, 3.8) is 0 Å². The molecule has 7 nitrogen and oxygen atoms in total. The molecule has 1 N–H and O–H groups in total. The fourth-order valence-electron chi connectivity index (χ4n) is 3.32. The molecule has 0 aliphatic carbocycles. The van der Waals surface area contributed by atoms with Crippen molar-refractivity contribution in [1.29, 1.82) is 5.26 Å². The molecule has 1 heterocycles. The van der Waals surface area contributed by atoms with E-state index in [9.17, 15) is 9.59 Å². The van der Waals surface area contributed by atoms with Crippen LogP contribution in [0.3, 0.4) is 0 Å². The summed E-state index contributed by atoms with van der Waals surface area (Å²) in [5.74, 6) is -0.360. The largest absolute Gasteiger partial charge is 0.452 e. The third-order valence-corrected chi connectivity index (χ3v) is 4.73. The molecule has 4 aromatic rings. The summed E-state index contributed by atoms with van der Waals surface area (Å²) in [6.07, 6.45) is 0. The van der Waals surface area contributed by atoms with Crippen LogP contribution < -0.4 is 5.32 Å². The van der Waals surface area contributed by atoms with Crippen LogP contribution in [0.5, 0.6) is 0 Å². The van der Waals surface area contributed by atoms with E-state index in [1.165, 1.54) is 0 Å². The molecule has 0 saturated heterocycles. The predicted molar refractivity (Wildman–Crippen MR) is 116 cm³/mol. The Morgan fingerprint density at radius 1 is 1.06 bits per heavy atom. The fourth-order valence-corrected chi connectivity index (χ4v) is 3.32. The minimum atomic E-state index is -0.627. The number of carbonyl (C=O) groups is 2. The number of amides is 1. The van der Waals surface area contributed by atoms with E-state index in [0.717, 1.165) is 17.0 Å². The van der Waals surface area contributed by atoms with Gasteiger partial charge in [-0.05, 0) is 49.4 Å². The Hall–Kier alpha value is -4.44. The van der Waals surface area contributed by atoms with Gasteiger partial charge in [0.25, 0.3) is 5.91 Å². The van der Waals surface area contributed by atoms with Crippen LogP contribution in [-0.2, 0) is 9.53 Å². The summed E-state index contributed by atoms with van der Waals surface area (Å²) in [5.41, 5.74) is 3.50. The van der Waals surface area contributed by atoms with Crippen molar-refractivity contribution in [2.75, 3.05) is 11.9 Å². The molecule has 0 aliphatic heterocycles. The average molecular weight is 410 g/mol. The number of carbonyl (C=O) groups excluding carboxylic acids is 2. The first-order valence-electron chi connectivity index (χ1n) is 9.57. The monoisotopic (exact) mass is 410 g/mol. The molecule has 152 valence electrons. The zero-order chi connectivity index (χ0) is 21.8. The minimum absolute atomic E-state index is 0.301. The molecule has 0 radical (unpaired) electrons. The maximum absolute atomic E-state index is 12.4. The molecule has 0 bridgehead atoms. The molecule has 0 atom stereocenters. The second kappa shape index (κ2) is 8.51. The van der Waals surface area contributed by atoms with Crippen LogP contribution in [-0.4, -0.2) is 28.0 Å². The summed E-state index contributed by atoms with van der Waals surface area (Å²) < 4.78 is 7.14. The highest BCUT2D eigenvalue weighted by molar-refractivity contribution is 5.97. The lowest BCUT2D eigenvalue weighted by Gasteiger charge is -2.08. The Bertz CT molecular complexity index is 1320. The number of ether oxygens (including phenoxy) is 1. The lowest BCUT2D eigenvalue weighted by molar-refractivity contribution is -0.119. The molecule has 4 rings (SSSR count). The number of hydrogen-bond donors (Lipinski definition) is 1. The Kier molecular flexibility index (Phi) is 5.45. The van der Waals surface area contributed by atoms with Gasteiger partial charge in [-0.15, -0.1) is 0 Å². The number of benzene rings is 3. The summed E-state index contributed by atoms with van der Waals surface area (Å²) in [7, 11) is 0. The van der Waals surface area contributed by atoms with Crippen molar-refractivity contribution in [3.8, 4) is 11.8 Å². The number of aromatic nitrogens is 2. The topological polar surface area (TPSA) is 97.0 Å². The summed E-state index contributed by atoms with van der Waals surface area (Å²) in [6.45, 7) is 1.43. The molecule has 0 aliphatic rings. The standard InChI is InChI=1S/C24H18N4O3/c1-16-26-21-13-17(11-12-22(21)28(16)19-8-3-2-4-9-19)24(30)31-15-23(29)27-20-10-6-5-7-18(20)14-25/h2-13H,15H2,1H3,(H,27,29). The number of imidazole rings is 1. The highest BCUT2D eigenvalue weighted by Gasteiger charge is 2.15. The molecule has 7 heteroatoms. The third kappa shape index (κ3) is 4.14. The molecule has 31 heavy (non-hydrogen) atoms. The lowest BCUT2D eigenvalue weighted by Crippen LogP contribution is -2.21. The number of anilines is 1. The molecule has 0 fully saturated rings. The van der Waals surface area contributed by atoms with Gasteiger partial charge in [0.2, 0.25) is 0 Å². The number of nitriles is 1. The molecule has 3 aromatic carbocycles. The van der Waals surface area contributed by atoms with E-state index >= 15 is 0 Å². The highest BCUT2D eigenvalue weighted by atomic mass is 16.5. The van der Waals surface area contributed by atoms with Gasteiger partial charge in [-0.3, -0.25) is 9.36 Å². The predicted octanol–water partition coefficient (Wildman–Crippen LogP) is 4.00. The zero-order valence-electron chi connectivity index (χ0n) is 16.7. The third-order valence-electron chi connectivity index (χ3n) is 4.73. The van der Waals surface area contributed by atoms with Gasteiger partial charge in [0.05, 0.1) is 27.8 Å². The van der Waals surface area contributed by atoms with Gasteiger partial charge in [-0.2, -0.15) is 5.26 Å². The Morgan fingerprint density at radius 3 is 2.58 bits per heavy atom. The maximum Gasteiger partial charge on any atom is 0.338 e. The molecule has 0 saturated carbocycles. The van der Waals surface area contributed by atoms with Crippen molar-refractivity contribution in [1.82, 2.24) is 9.55 Å². The number of esters is 1. The smallest absolute Gasteiger partial charge is 0.338 e. The first kappa shape index (κ1) is 19.9. The molecular formula is C24H18N4O3. The van der Waals surface area contributed by atoms with E-state index < -0.39 is 18.5 Å². The number of nitrogens with one attached hydrogen (secondary N) is 1. The van der Waals surface area contributed by atoms with Gasteiger partial charge in [0.1, 0.15) is 11.9 Å². The summed E-state index contributed by atoms with van der Waals surface area (Å²) in [6, 6.07) is 23.5. The number of nitrogens with zero attached hydrogens (tertiary/aromatic N) is 3. The second-order valence-electron chi connectivity index (χ2n) is 6.82. The number of rotatable bonds is 5. The van der Waals surface area contributed by atoms with Crippen LogP contribution >= 0.6 is 0 Å². The van der Waals surface area contributed by atoms with Gasteiger partial charge in [-0.1, -0.05) is 30.3 Å². The van der Waals surface area contributed by atoms with E-state index in [4.69, 9.17) is 10.00 Å². The maximum atomic E-state index is 12.4. The molecule has 1 aromatic heterocycles. The van der Waals surface area contributed by atoms with Crippen molar-refractivity contribution in [3.05, 3.63) is 89.7 Å². The van der Waals surface area contributed by atoms with E-state index in [1.54, 1.807) is 36.4 Å². The SMILES string of the molecule is Cc1nc2cc(C(=O)OCC(=O)Nc3ccccc3C#N)ccc2n1-c1ccccc1. The Balaban J connectivity index is 1.47. The summed E-state index contributed by atoms with van der Waals surface area (Å²) >= 11 is 0. The number of hydrogen-bond acceptors (Lipinski definition) is 5. The lowest BCUT2D eigenvalue weighted by atomic mass is 10.2. The van der Waals surface area contributed by atoms with E-state index in [2.05, 4.69) is 10.3 Å². The first-order valence-corrected chi connectivity index (χ1v) is 9.57. The summed E-state index contributed by atoms with van der Waals surface area (Å²) in [4.78, 5) is 29.1. The van der Waals surface area contributed by atoms with Gasteiger partial charge in [0, 0.05) is 5.69 Å². The Labute approximate surface area is 178 Å². The van der Waals surface area contributed by atoms with Crippen LogP contribution in [0, 0.1) is 18.3 Å². The number of aryl methyl sites for hydroxylation is 1. The van der Waals surface area contributed by atoms with Crippen molar-refractivity contribution < 1.29 is 14.3 Å². The van der Waals surface area contributed by atoms with Crippen LogP contribution in [0.25, 0.3) is 16.7 Å².